The molecule has 8 nitrogen and oxygen atoms in total. The van der Waals surface area contributed by atoms with Gasteiger partial charge in [0, 0.05) is 37.1 Å². The molecule has 0 bridgehead atoms. The van der Waals surface area contributed by atoms with Gasteiger partial charge in [-0.3, -0.25) is 4.79 Å². The molecule has 8 heteroatoms. The van der Waals surface area contributed by atoms with E-state index in [0.717, 1.165) is 5.39 Å². The molecule has 0 radical (unpaired) electrons. The second kappa shape index (κ2) is 8.66. The number of carboxylic acids is 1. The summed E-state index contributed by atoms with van der Waals surface area (Å²) in [6, 6.07) is 19.4. The highest BCUT2D eigenvalue weighted by Crippen LogP contribution is 2.27. The Labute approximate surface area is 189 Å². The normalized spacial score (nSPS) is 13.8. The summed E-state index contributed by atoms with van der Waals surface area (Å²) < 4.78 is 11.0. The highest BCUT2D eigenvalue weighted by Gasteiger charge is 2.24. The molecule has 5 rings (SSSR count). The summed E-state index contributed by atoms with van der Waals surface area (Å²) in [5.41, 5.74) is 2.16. The SMILES string of the molecule is O=C(O)c1ccccc1N1CCN(C(=O)c2cccc(Oc3ccc4oncc4c3)c2)CC1. The number of anilines is 1. The van der Waals surface area contributed by atoms with Crippen LogP contribution in [-0.2, 0) is 0 Å². The fourth-order valence-corrected chi connectivity index (χ4v) is 4.01. The molecule has 1 aliphatic heterocycles. The minimum atomic E-state index is -0.955. The number of aromatic carboxylic acids is 1. The Kier molecular flexibility index (Phi) is 5.40. The number of aromatic nitrogens is 1. The van der Waals surface area contributed by atoms with E-state index in [9.17, 15) is 14.7 Å². The number of hydrogen-bond donors (Lipinski definition) is 1. The molecule has 1 fully saturated rings. The van der Waals surface area contributed by atoms with E-state index in [2.05, 4.69) is 5.16 Å². The van der Waals surface area contributed by atoms with Crippen LogP contribution in [0.1, 0.15) is 20.7 Å². The minimum Gasteiger partial charge on any atom is -0.478 e. The van der Waals surface area contributed by atoms with Crippen LogP contribution in [0.15, 0.2) is 77.4 Å². The second-order valence-corrected chi connectivity index (χ2v) is 7.76. The minimum absolute atomic E-state index is 0.0823. The summed E-state index contributed by atoms with van der Waals surface area (Å²) in [6.45, 7) is 2.13. The van der Waals surface area contributed by atoms with Crippen molar-refractivity contribution in [1.29, 1.82) is 0 Å². The highest BCUT2D eigenvalue weighted by atomic mass is 16.5. The molecule has 4 aromatic rings. The van der Waals surface area contributed by atoms with Gasteiger partial charge in [0.05, 0.1) is 17.4 Å². The lowest BCUT2D eigenvalue weighted by molar-refractivity contribution is 0.0693. The van der Waals surface area contributed by atoms with Gasteiger partial charge >= 0.3 is 5.97 Å². The molecule has 166 valence electrons. The third kappa shape index (κ3) is 4.23. The largest absolute Gasteiger partial charge is 0.478 e. The maximum absolute atomic E-state index is 13.1. The number of rotatable bonds is 5. The molecule has 0 atom stereocenters. The van der Waals surface area contributed by atoms with E-state index < -0.39 is 5.97 Å². The Hall–Kier alpha value is -4.33. The van der Waals surface area contributed by atoms with Gasteiger partial charge in [-0.2, -0.15) is 0 Å². The number of hydrogen-bond acceptors (Lipinski definition) is 6. The maximum Gasteiger partial charge on any atom is 0.337 e. The van der Waals surface area contributed by atoms with Gasteiger partial charge in [-0.25, -0.2) is 4.79 Å². The summed E-state index contributed by atoms with van der Waals surface area (Å²) in [5, 5.41) is 14.0. The molecule has 0 saturated carbocycles. The summed E-state index contributed by atoms with van der Waals surface area (Å²) in [6.07, 6.45) is 1.62. The number of piperazine rings is 1. The summed E-state index contributed by atoms with van der Waals surface area (Å²) in [4.78, 5) is 28.4. The summed E-state index contributed by atoms with van der Waals surface area (Å²) >= 11 is 0. The monoisotopic (exact) mass is 443 g/mol. The molecular formula is C25H21N3O5. The van der Waals surface area contributed by atoms with Gasteiger partial charge in [-0.05, 0) is 48.5 Å². The molecule has 0 unspecified atom stereocenters. The predicted octanol–water partition coefficient (Wildman–Crippen LogP) is 4.28. The molecule has 0 spiro atoms. The molecular weight excluding hydrogens is 422 g/mol. The molecule has 1 amide bonds. The summed E-state index contributed by atoms with van der Waals surface area (Å²) in [5.74, 6) is 0.150. The first-order valence-corrected chi connectivity index (χ1v) is 10.6. The fourth-order valence-electron chi connectivity index (χ4n) is 4.01. The van der Waals surface area contributed by atoms with Crippen molar-refractivity contribution in [3.63, 3.8) is 0 Å². The average Bonchev–Trinajstić information content (AvgIpc) is 3.32. The van der Waals surface area contributed by atoms with Crippen molar-refractivity contribution >= 4 is 28.5 Å². The van der Waals surface area contributed by atoms with Crippen LogP contribution in [-0.4, -0.2) is 53.2 Å². The molecule has 33 heavy (non-hydrogen) atoms. The maximum atomic E-state index is 13.1. The Bertz CT molecular complexity index is 1320. The highest BCUT2D eigenvalue weighted by molar-refractivity contribution is 5.96. The molecule has 1 N–H and O–H groups in total. The quantitative estimate of drug-likeness (QED) is 0.492. The lowest BCUT2D eigenvalue weighted by Crippen LogP contribution is -2.49. The lowest BCUT2D eigenvalue weighted by atomic mass is 10.1. The molecule has 1 aliphatic rings. The number of amides is 1. The molecule has 1 saturated heterocycles. The Morgan fingerprint density at radius 1 is 0.909 bits per heavy atom. The number of benzene rings is 3. The van der Waals surface area contributed by atoms with Crippen LogP contribution in [0.3, 0.4) is 0 Å². The van der Waals surface area contributed by atoms with Crippen molar-refractivity contribution in [3.8, 4) is 11.5 Å². The average molecular weight is 443 g/mol. The molecule has 1 aromatic heterocycles. The van der Waals surface area contributed by atoms with Crippen LogP contribution >= 0.6 is 0 Å². The van der Waals surface area contributed by atoms with E-state index in [1.54, 1.807) is 65.7 Å². The van der Waals surface area contributed by atoms with E-state index >= 15 is 0 Å². The van der Waals surface area contributed by atoms with Gasteiger partial charge in [-0.1, -0.05) is 23.4 Å². The zero-order chi connectivity index (χ0) is 22.8. The molecule has 0 aliphatic carbocycles. The van der Waals surface area contributed by atoms with Crippen LogP contribution in [0.5, 0.6) is 11.5 Å². The Morgan fingerprint density at radius 2 is 1.70 bits per heavy atom. The number of nitrogens with zero attached hydrogens (tertiary/aromatic N) is 3. The van der Waals surface area contributed by atoms with E-state index in [4.69, 9.17) is 9.26 Å². The van der Waals surface area contributed by atoms with Crippen LogP contribution in [0, 0.1) is 0 Å². The predicted molar refractivity (Wildman–Crippen MR) is 122 cm³/mol. The van der Waals surface area contributed by atoms with E-state index in [1.165, 1.54) is 0 Å². The zero-order valence-corrected chi connectivity index (χ0v) is 17.7. The standard InChI is InChI=1S/C25H21N3O5/c29-24(28-12-10-27(11-13-28)22-7-2-1-6-21(22)25(30)31)17-4-3-5-19(14-17)32-20-8-9-23-18(15-20)16-26-33-23/h1-9,14-16H,10-13H2,(H,30,31). The molecule has 3 aromatic carbocycles. The Balaban J connectivity index is 1.26. The van der Waals surface area contributed by atoms with Crippen molar-refractivity contribution in [3.05, 3.63) is 84.1 Å². The van der Waals surface area contributed by atoms with E-state index in [0.29, 0.717) is 54.5 Å². The van der Waals surface area contributed by atoms with Crippen LogP contribution < -0.4 is 9.64 Å². The number of fused-ring (bicyclic) bond motifs is 1. The van der Waals surface area contributed by atoms with Gasteiger partial charge in [0.15, 0.2) is 5.58 Å². The van der Waals surface area contributed by atoms with Gasteiger partial charge in [0.2, 0.25) is 0 Å². The smallest absolute Gasteiger partial charge is 0.337 e. The first-order valence-electron chi connectivity index (χ1n) is 10.6. The third-order valence-corrected chi connectivity index (χ3v) is 5.68. The number of carboxylic acid groups (broad SMARTS) is 1. The van der Waals surface area contributed by atoms with Gasteiger partial charge in [0.1, 0.15) is 11.5 Å². The topological polar surface area (TPSA) is 96.1 Å². The van der Waals surface area contributed by atoms with Crippen LogP contribution in [0.25, 0.3) is 11.0 Å². The second-order valence-electron chi connectivity index (χ2n) is 7.76. The van der Waals surface area contributed by atoms with Crippen LogP contribution in [0.2, 0.25) is 0 Å². The van der Waals surface area contributed by atoms with Crippen molar-refractivity contribution in [2.24, 2.45) is 0 Å². The number of carbonyl (C=O) groups excluding carboxylic acids is 1. The van der Waals surface area contributed by atoms with Crippen LogP contribution in [0.4, 0.5) is 5.69 Å². The van der Waals surface area contributed by atoms with Crippen molar-refractivity contribution < 1.29 is 24.0 Å². The van der Waals surface area contributed by atoms with E-state index in [-0.39, 0.29) is 11.5 Å². The lowest BCUT2D eigenvalue weighted by Gasteiger charge is -2.36. The van der Waals surface area contributed by atoms with Gasteiger partial charge in [-0.15, -0.1) is 0 Å². The summed E-state index contributed by atoms with van der Waals surface area (Å²) in [7, 11) is 0. The number of para-hydroxylation sites is 1. The first-order chi connectivity index (χ1) is 16.1. The van der Waals surface area contributed by atoms with E-state index in [1.807, 2.05) is 17.0 Å². The number of carbonyl (C=O) groups is 2. The van der Waals surface area contributed by atoms with Crippen molar-refractivity contribution in [2.75, 3.05) is 31.1 Å². The van der Waals surface area contributed by atoms with Gasteiger partial charge < -0.3 is 24.2 Å². The first kappa shape index (κ1) is 20.6. The Morgan fingerprint density at radius 3 is 2.52 bits per heavy atom. The zero-order valence-electron chi connectivity index (χ0n) is 17.7. The third-order valence-electron chi connectivity index (χ3n) is 5.68. The molecule has 2 heterocycles. The van der Waals surface area contributed by atoms with Crippen molar-refractivity contribution in [2.45, 2.75) is 0 Å². The van der Waals surface area contributed by atoms with Crippen molar-refractivity contribution in [1.82, 2.24) is 10.1 Å². The number of ether oxygens (including phenoxy) is 1. The van der Waals surface area contributed by atoms with Gasteiger partial charge in [0.25, 0.3) is 5.91 Å². The fraction of sp³-hybridized carbons (Fsp3) is 0.160.